The highest BCUT2D eigenvalue weighted by Crippen LogP contribution is 2.58. The van der Waals surface area contributed by atoms with Crippen molar-refractivity contribution in [3.63, 3.8) is 0 Å². The second kappa shape index (κ2) is 4.67. The molecule has 2 heterocycles. The van der Waals surface area contributed by atoms with E-state index in [1.807, 2.05) is 11.3 Å². The number of rotatable bonds is 1. The van der Waals surface area contributed by atoms with Crippen LogP contribution < -0.4 is 0 Å². The van der Waals surface area contributed by atoms with Crippen LogP contribution in [0.15, 0.2) is 54.6 Å². The summed E-state index contributed by atoms with van der Waals surface area (Å²) in [4.78, 5) is 6.42. The lowest BCUT2D eigenvalue weighted by molar-refractivity contribution is 0.721. The molecule has 116 valence electrons. The smallest absolute Gasteiger partial charge is 0.125 e. The standard InChI is InChI=1S/C22H17NS/c1-2-6-13(7-3-1)21-19-15-11-10-14(12-15)18(19)20-16-8-4-5-9-17(16)24-22(20)23-21/h1-9,14-15H,10-12H2. The van der Waals surface area contributed by atoms with Gasteiger partial charge in [-0.1, -0.05) is 48.5 Å². The van der Waals surface area contributed by atoms with E-state index in [4.69, 9.17) is 4.98 Å². The van der Waals surface area contributed by atoms with Crippen LogP contribution in [-0.4, -0.2) is 4.98 Å². The average Bonchev–Trinajstić information content (AvgIpc) is 3.34. The Bertz CT molecular complexity index is 1090. The van der Waals surface area contributed by atoms with Crippen LogP contribution in [0.25, 0.3) is 31.6 Å². The zero-order valence-corrected chi connectivity index (χ0v) is 14.1. The van der Waals surface area contributed by atoms with Gasteiger partial charge in [0.15, 0.2) is 0 Å². The molecule has 0 aliphatic heterocycles. The van der Waals surface area contributed by atoms with Gasteiger partial charge in [0.2, 0.25) is 0 Å². The van der Waals surface area contributed by atoms with Crippen LogP contribution >= 0.6 is 11.3 Å². The van der Waals surface area contributed by atoms with Crippen molar-refractivity contribution in [1.29, 1.82) is 0 Å². The Morgan fingerprint density at radius 1 is 0.833 bits per heavy atom. The average molecular weight is 327 g/mol. The third-order valence-corrected chi connectivity index (χ3v) is 6.97. The van der Waals surface area contributed by atoms with Crippen molar-refractivity contribution < 1.29 is 0 Å². The van der Waals surface area contributed by atoms with Gasteiger partial charge in [-0.2, -0.15) is 0 Å². The van der Waals surface area contributed by atoms with Crippen LogP contribution in [0.5, 0.6) is 0 Å². The fourth-order valence-corrected chi connectivity index (χ4v) is 6.05. The molecule has 2 atom stereocenters. The van der Waals surface area contributed by atoms with Gasteiger partial charge >= 0.3 is 0 Å². The molecule has 2 bridgehead atoms. The number of nitrogens with zero attached hydrogens (tertiary/aromatic N) is 1. The van der Waals surface area contributed by atoms with Gasteiger partial charge in [0.05, 0.1) is 5.69 Å². The summed E-state index contributed by atoms with van der Waals surface area (Å²) in [6.07, 6.45) is 4.03. The third-order valence-electron chi connectivity index (χ3n) is 5.90. The summed E-state index contributed by atoms with van der Waals surface area (Å²) in [5, 5.41) is 2.87. The molecule has 2 aromatic carbocycles. The molecule has 2 heteroatoms. The monoisotopic (exact) mass is 327 g/mol. The Labute approximate surface area is 145 Å². The molecule has 1 fully saturated rings. The topological polar surface area (TPSA) is 12.9 Å². The first-order valence-corrected chi connectivity index (χ1v) is 9.62. The number of pyridine rings is 1. The highest BCUT2D eigenvalue weighted by atomic mass is 32.1. The van der Waals surface area contributed by atoms with Gasteiger partial charge in [0.1, 0.15) is 4.83 Å². The van der Waals surface area contributed by atoms with Crippen LogP contribution in [-0.2, 0) is 0 Å². The first-order valence-electron chi connectivity index (χ1n) is 8.80. The Kier molecular flexibility index (Phi) is 2.56. The van der Waals surface area contributed by atoms with E-state index in [2.05, 4.69) is 54.6 Å². The number of aromatic nitrogens is 1. The van der Waals surface area contributed by atoms with Crippen molar-refractivity contribution in [2.24, 2.45) is 0 Å². The highest BCUT2D eigenvalue weighted by Gasteiger charge is 2.41. The molecule has 0 amide bonds. The molecule has 0 N–H and O–H groups in total. The van der Waals surface area contributed by atoms with Gasteiger partial charge in [-0.15, -0.1) is 11.3 Å². The van der Waals surface area contributed by atoms with Crippen molar-refractivity contribution in [2.75, 3.05) is 0 Å². The summed E-state index contributed by atoms with van der Waals surface area (Å²) in [5.74, 6) is 1.46. The summed E-state index contributed by atoms with van der Waals surface area (Å²) in [7, 11) is 0. The van der Waals surface area contributed by atoms with E-state index in [1.165, 1.54) is 50.8 Å². The first-order chi connectivity index (χ1) is 11.9. The van der Waals surface area contributed by atoms with Crippen molar-refractivity contribution in [2.45, 2.75) is 31.1 Å². The zero-order chi connectivity index (χ0) is 15.7. The fourth-order valence-electron chi connectivity index (χ4n) is 4.95. The van der Waals surface area contributed by atoms with E-state index in [0.717, 1.165) is 11.8 Å². The SMILES string of the molecule is c1ccc(-c2nc3sc4ccccc4c3c3c2C2CCC3C2)cc1. The Morgan fingerprint density at radius 2 is 1.58 bits per heavy atom. The second-order valence-electron chi connectivity index (χ2n) is 7.14. The van der Waals surface area contributed by atoms with Gasteiger partial charge in [0, 0.05) is 21.0 Å². The van der Waals surface area contributed by atoms with Crippen LogP contribution in [0.1, 0.15) is 42.2 Å². The molecule has 2 aromatic heterocycles. The van der Waals surface area contributed by atoms with Crippen LogP contribution in [0.2, 0.25) is 0 Å². The summed E-state index contributed by atoms with van der Waals surface area (Å²) in [5.41, 5.74) is 5.72. The summed E-state index contributed by atoms with van der Waals surface area (Å²) >= 11 is 1.85. The predicted molar refractivity (Wildman–Crippen MR) is 102 cm³/mol. The maximum atomic E-state index is 5.19. The van der Waals surface area contributed by atoms with E-state index in [0.29, 0.717) is 0 Å². The molecule has 2 aliphatic carbocycles. The van der Waals surface area contributed by atoms with Crippen molar-refractivity contribution >= 4 is 31.6 Å². The van der Waals surface area contributed by atoms with Crippen molar-refractivity contribution in [3.8, 4) is 11.3 Å². The van der Waals surface area contributed by atoms with Gasteiger partial charge < -0.3 is 0 Å². The lowest BCUT2D eigenvalue weighted by Gasteiger charge is -2.20. The van der Waals surface area contributed by atoms with Crippen LogP contribution in [0.3, 0.4) is 0 Å². The molecule has 1 nitrogen and oxygen atoms in total. The van der Waals surface area contributed by atoms with E-state index >= 15 is 0 Å². The van der Waals surface area contributed by atoms with Crippen LogP contribution in [0, 0.1) is 0 Å². The minimum atomic E-state index is 0.718. The number of hydrogen-bond donors (Lipinski definition) is 0. The minimum absolute atomic E-state index is 0.718. The quantitative estimate of drug-likeness (QED) is 0.390. The predicted octanol–water partition coefficient (Wildman–Crippen LogP) is 6.48. The summed E-state index contributed by atoms with van der Waals surface area (Å²) < 4.78 is 1.37. The van der Waals surface area contributed by atoms with Gasteiger partial charge in [-0.05, 0) is 48.3 Å². The zero-order valence-electron chi connectivity index (χ0n) is 13.3. The Balaban J connectivity index is 1.79. The highest BCUT2D eigenvalue weighted by molar-refractivity contribution is 7.25. The number of fused-ring (bicyclic) bond motifs is 9. The lowest BCUT2D eigenvalue weighted by atomic mass is 9.86. The number of hydrogen-bond acceptors (Lipinski definition) is 2. The number of thiophene rings is 1. The van der Waals surface area contributed by atoms with E-state index < -0.39 is 0 Å². The van der Waals surface area contributed by atoms with Gasteiger partial charge in [0.25, 0.3) is 0 Å². The molecule has 6 rings (SSSR count). The summed E-state index contributed by atoms with van der Waals surface area (Å²) in [6.45, 7) is 0. The molecular formula is C22H17NS. The molecule has 4 aromatic rings. The molecule has 2 unspecified atom stereocenters. The fraction of sp³-hybridized carbons (Fsp3) is 0.227. The van der Waals surface area contributed by atoms with Crippen LogP contribution in [0.4, 0.5) is 0 Å². The van der Waals surface area contributed by atoms with Crippen molar-refractivity contribution in [3.05, 3.63) is 65.7 Å². The first kappa shape index (κ1) is 13.1. The van der Waals surface area contributed by atoms with E-state index in [9.17, 15) is 0 Å². The van der Waals surface area contributed by atoms with Gasteiger partial charge in [-0.3, -0.25) is 0 Å². The molecule has 2 aliphatic rings. The molecule has 0 saturated heterocycles. The molecule has 24 heavy (non-hydrogen) atoms. The molecular weight excluding hydrogens is 310 g/mol. The second-order valence-corrected chi connectivity index (χ2v) is 8.17. The Hall–Kier alpha value is -2.19. The molecule has 1 saturated carbocycles. The van der Waals surface area contributed by atoms with E-state index in [1.54, 1.807) is 11.1 Å². The summed E-state index contributed by atoms with van der Waals surface area (Å²) in [6, 6.07) is 19.6. The van der Waals surface area contributed by atoms with E-state index in [-0.39, 0.29) is 0 Å². The Morgan fingerprint density at radius 3 is 2.46 bits per heavy atom. The van der Waals surface area contributed by atoms with Crippen molar-refractivity contribution in [1.82, 2.24) is 4.98 Å². The molecule has 0 spiro atoms. The lowest BCUT2D eigenvalue weighted by Crippen LogP contribution is -2.03. The maximum absolute atomic E-state index is 5.19. The van der Waals surface area contributed by atoms with Gasteiger partial charge in [-0.25, -0.2) is 4.98 Å². The largest absolute Gasteiger partial charge is 0.237 e. The molecule has 0 radical (unpaired) electrons. The normalized spacial score (nSPS) is 21.7. The third kappa shape index (κ3) is 1.62. The maximum Gasteiger partial charge on any atom is 0.125 e. The number of benzene rings is 2. The minimum Gasteiger partial charge on any atom is -0.237 e.